The first kappa shape index (κ1) is 27.0. The largest absolute Gasteiger partial charge is 0.496 e. The maximum Gasteiger partial charge on any atom is 0.312 e. The van der Waals surface area contributed by atoms with E-state index in [1.54, 1.807) is 38.3 Å². The van der Waals surface area contributed by atoms with Crippen LogP contribution in [0.4, 0.5) is 5.69 Å². The topological polar surface area (TPSA) is 109 Å². The molecule has 0 aliphatic rings. The molecule has 4 rings (SSSR count). The molecule has 0 fully saturated rings. The van der Waals surface area contributed by atoms with Crippen molar-refractivity contribution in [3.8, 4) is 22.9 Å². The van der Waals surface area contributed by atoms with E-state index in [4.69, 9.17) is 14.5 Å². The van der Waals surface area contributed by atoms with Gasteiger partial charge in [0.25, 0.3) is 5.56 Å². The van der Waals surface area contributed by atoms with Crippen molar-refractivity contribution < 1.29 is 14.4 Å². The summed E-state index contributed by atoms with van der Waals surface area (Å²) in [6.45, 7) is 8.07. The van der Waals surface area contributed by atoms with Gasteiger partial charge in [-0.15, -0.1) is 0 Å². The minimum absolute atomic E-state index is 0.134. The van der Waals surface area contributed by atoms with E-state index in [0.29, 0.717) is 26.8 Å². The fraction of sp³-hybridized carbons (Fsp3) is 0.250. The van der Waals surface area contributed by atoms with E-state index < -0.39 is 4.92 Å². The van der Waals surface area contributed by atoms with Gasteiger partial charge in [0.05, 0.1) is 40.2 Å². The van der Waals surface area contributed by atoms with Crippen LogP contribution in [0.1, 0.15) is 43.4 Å². The minimum Gasteiger partial charge on any atom is -0.496 e. The number of nitrogens with zero attached hydrogens (tertiary/aromatic N) is 4. The van der Waals surface area contributed by atoms with Crippen LogP contribution in [0.5, 0.6) is 11.5 Å². The summed E-state index contributed by atoms with van der Waals surface area (Å²) in [5.74, 6) is 1.41. The number of aryl methyl sites for hydroxylation is 1. The molecule has 0 N–H and O–H groups in total. The van der Waals surface area contributed by atoms with Crippen LogP contribution < -0.4 is 15.0 Å². The molecular weight excluding hydrogens is 552 g/mol. The molecule has 38 heavy (non-hydrogen) atoms. The second-order valence-corrected chi connectivity index (χ2v) is 9.77. The summed E-state index contributed by atoms with van der Waals surface area (Å²) in [5, 5.41) is 16.6. The average Bonchev–Trinajstić information content (AvgIpc) is 2.89. The van der Waals surface area contributed by atoms with Gasteiger partial charge in [0.2, 0.25) is 5.75 Å². The Morgan fingerprint density at radius 3 is 2.61 bits per heavy atom. The number of nitro groups is 1. The Bertz CT molecular complexity index is 1630. The van der Waals surface area contributed by atoms with Gasteiger partial charge in [-0.05, 0) is 77.2 Å². The van der Waals surface area contributed by atoms with Crippen LogP contribution in [0.25, 0.3) is 22.3 Å². The Morgan fingerprint density at radius 1 is 1.21 bits per heavy atom. The van der Waals surface area contributed by atoms with Crippen molar-refractivity contribution in [2.24, 2.45) is 5.10 Å². The molecule has 0 aliphatic heterocycles. The van der Waals surface area contributed by atoms with E-state index in [2.05, 4.69) is 34.9 Å². The number of para-hydroxylation sites is 1. The number of hydrogen-bond acceptors (Lipinski definition) is 7. The van der Waals surface area contributed by atoms with E-state index in [0.717, 1.165) is 22.4 Å². The van der Waals surface area contributed by atoms with Gasteiger partial charge in [-0.2, -0.15) is 9.78 Å². The summed E-state index contributed by atoms with van der Waals surface area (Å²) in [4.78, 5) is 29.6. The molecule has 0 saturated heterocycles. The van der Waals surface area contributed by atoms with Crippen molar-refractivity contribution >= 4 is 38.7 Å². The zero-order chi connectivity index (χ0) is 27.6. The summed E-state index contributed by atoms with van der Waals surface area (Å²) < 4.78 is 12.7. The van der Waals surface area contributed by atoms with Crippen molar-refractivity contribution in [2.45, 2.75) is 33.6 Å². The zero-order valence-corrected chi connectivity index (χ0v) is 23.3. The summed E-state index contributed by atoms with van der Waals surface area (Å²) in [6, 6.07) is 14.0. The number of hydrogen-bond donors (Lipinski definition) is 0. The van der Waals surface area contributed by atoms with Crippen LogP contribution in [-0.4, -0.2) is 34.5 Å². The highest BCUT2D eigenvalue weighted by Crippen LogP contribution is 2.36. The van der Waals surface area contributed by atoms with Crippen molar-refractivity contribution in [1.29, 1.82) is 0 Å². The smallest absolute Gasteiger partial charge is 0.312 e. The molecule has 3 aromatic carbocycles. The Kier molecular flexibility index (Phi) is 7.91. The highest BCUT2D eigenvalue weighted by Gasteiger charge is 2.21. The molecule has 0 spiro atoms. The van der Waals surface area contributed by atoms with Crippen molar-refractivity contribution in [3.05, 3.63) is 90.2 Å². The summed E-state index contributed by atoms with van der Waals surface area (Å²) >= 11 is 3.35. The lowest BCUT2D eigenvalue weighted by molar-refractivity contribution is -0.385. The van der Waals surface area contributed by atoms with Crippen LogP contribution in [0.2, 0.25) is 0 Å². The molecule has 1 aromatic heterocycles. The first-order valence-electron chi connectivity index (χ1n) is 12.0. The van der Waals surface area contributed by atoms with E-state index >= 15 is 0 Å². The predicted octanol–water partition coefficient (Wildman–Crippen LogP) is 6.46. The number of benzene rings is 3. The van der Waals surface area contributed by atoms with E-state index in [1.807, 2.05) is 25.1 Å². The van der Waals surface area contributed by atoms with Crippen molar-refractivity contribution in [2.75, 3.05) is 13.7 Å². The molecule has 0 atom stereocenters. The first-order valence-corrected chi connectivity index (χ1v) is 12.8. The maximum absolute atomic E-state index is 13.6. The fourth-order valence-electron chi connectivity index (χ4n) is 4.19. The molecule has 0 amide bonds. The lowest BCUT2D eigenvalue weighted by Gasteiger charge is -2.17. The van der Waals surface area contributed by atoms with Gasteiger partial charge in [0.1, 0.15) is 5.75 Å². The molecular formula is C28H27BrN4O5. The minimum atomic E-state index is -0.517. The van der Waals surface area contributed by atoms with Crippen LogP contribution in [0.15, 0.2) is 62.9 Å². The second-order valence-electron chi connectivity index (χ2n) is 8.92. The van der Waals surface area contributed by atoms with Crippen molar-refractivity contribution in [3.63, 3.8) is 0 Å². The van der Waals surface area contributed by atoms with Gasteiger partial charge >= 0.3 is 5.69 Å². The second kappa shape index (κ2) is 11.1. The number of aromatic nitrogens is 2. The highest BCUT2D eigenvalue weighted by atomic mass is 79.9. The summed E-state index contributed by atoms with van der Waals surface area (Å²) in [6.07, 6.45) is 1.40. The summed E-state index contributed by atoms with van der Waals surface area (Å²) in [7, 11) is 1.63. The number of fused-ring (bicyclic) bond motifs is 1. The SMILES string of the molecule is CCOc1c(Br)cc(C=Nn2c(-c3cc(C(C)C)c(OC)cc3C)nc3ccccc3c2=O)cc1[N+](=O)[O-]. The van der Waals surface area contributed by atoms with Crippen LogP contribution in [0.3, 0.4) is 0 Å². The lowest BCUT2D eigenvalue weighted by Crippen LogP contribution is -2.20. The van der Waals surface area contributed by atoms with Gasteiger partial charge in [0.15, 0.2) is 5.82 Å². The molecule has 0 unspecified atom stereocenters. The van der Waals surface area contributed by atoms with Crippen LogP contribution in [0, 0.1) is 17.0 Å². The molecule has 0 radical (unpaired) electrons. The number of nitro benzene ring substituents is 1. The molecule has 4 aromatic rings. The quantitative estimate of drug-likeness (QED) is 0.135. The molecule has 0 saturated carbocycles. The predicted molar refractivity (Wildman–Crippen MR) is 152 cm³/mol. The Balaban J connectivity index is 1.96. The summed E-state index contributed by atoms with van der Waals surface area (Å²) in [5.41, 5.74) is 2.94. The maximum atomic E-state index is 13.6. The fourth-order valence-corrected chi connectivity index (χ4v) is 4.78. The van der Waals surface area contributed by atoms with Crippen molar-refractivity contribution in [1.82, 2.24) is 9.66 Å². The standard InChI is InChI=1S/C28H27BrN4O5/c1-6-38-26-22(29)12-18(13-24(26)33(35)36)15-30-32-27(31-23-10-8-7-9-19(23)28(32)34)21-14-20(16(2)3)25(37-5)11-17(21)4/h7-16H,6H2,1-5H3. The average molecular weight is 579 g/mol. The van der Waals surface area contributed by atoms with E-state index in [9.17, 15) is 14.9 Å². The van der Waals surface area contributed by atoms with Crippen LogP contribution >= 0.6 is 15.9 Å². The zero-order valence-electron chi connectivity index (χ0n) is 21.7. The molecule has 0 aliphatic carbocycles. The van der Waals surface area contributed by atoms with Crippen LogP contribution in [-0.2, 0) is 0 Å². The number of halogens is 1. The third-order valence-corrected chi connectivity index (χ3v) is 6.64. The van der Waals surface area contributed by atoms with E-state index in [1.165, 1.54) is 17.0 Å². The lowest BCUT2D eigenvalue weighted by atomic mass is 9.96. The van der Waals surface area contributed by atoms with Gasteiger partial charge in [-0.1, -0.05) is 26.0 Å². The molecule has 10 heteroatoms. The number of ether oxygens (including phenoxy) is 2. The van der Waals surface area contributed by atoms with E-state index in [-0.39, 0.29) is 29.5 Å². The first-order chi connectivity index (χ1) is 18.2. The van der Waals surface area contributed by atoms with Gasteiger partial charge in [0, 0.05) is 17.2 Å². The number of rotatable bonds is 8. The monoisotopic (exact) mass is 578 g/mol. The molecule has 0 bridgehead atoms. The number of methoxy groups -OCH3 is 1. The Morgan fingerprint density at radius 2 is 1.95 bits per heavy atom. The molecule has 9 nitrogen and oxygen atoms in total. The van der Waals surface area contributed by atoms with Gasteiger partial charge < -0.3 is 9.47 Å². The molecule has 1 heterocycles. The highest BCUT2D eigenvalue weighted by molar-refractivity contribution is 9.10. The third kappa shape index (κ3) is 5.17. The van der Waals surface area contributed by atoms with Gasteiger partial charge in [-0.3, -0.25) is 14.9 Å². The Hall–Kier alpha value is -4.05. The van der Waals surface area contributed by atoms with Gasteiger partial charge in [-0.25, -0.2) is 4.98 Å². The Labute approximate surface area is 228 Å². The molecule has 196 valence electrons. The normalized spacial score (nSPS) is 11.4. The third-order valence-electron chi connectivity index (χ3n) is 6.05.